The first-order chi connectivity index (χ1) is 8.42. The Hall–Kier alpha value is -0.920. The summed E-state index contributed by atoms with van der Waals surface area (Å²) < 4.78 is 36.9. The normalized spacial score (nSPS) is 10.7. The predicted molar refractivity (Wildman–Crippen MR) is 72.8 cm³/mol. The molecule has 2 N–H and O–H groups in total. The Morgan fingerprint density at radius 2 is 1.95 bits per heavy atom. The highest BCUT2D eigenvalue weighted by molar-refractivity contribution is 8.00. The van der Waals surface area contributed by atoms with Crippen LogP contribution in [0.2, 0.25) is 0 Å². The van der Waals surface area contributed by atoms with Gasteiger partial charge >= 0.3 is 5.51 Å². The third-order valence-electron chi connectivity index (χ3n) is 1.99. The molecule has 108 valence electrons. The van der Waals surface area contributed by atoms with E-state index in [2.05, 4.69) is 10.6 Å². The second-order valence-electron chi connectivity index (χ2n) is 3.45. The molecule has 0 aromatic heterocycles. The molecule has 1 aromatic rings. The highest BCUT2D eigenvalue weighted by Crippen LogP contribution is 2.40. The highest BCUT2D eigenvalue weighted by atomic mass is 35.5. The topological polar surface area (TPSA) is 41.1 Å². The highest BCUT2D eigenvalue weighted by Gasteiger charge is 2.30. The number of para-hydroxylation sites is 1. The minimum Gasteiger partial charge on any atom is -0.325 e. The van der Waals surface area contributed by atoms with Crippen molar-refractivity contribution in [2.24, 2.45) is 0 Å². The van der Waals surface area contributed by atoms with Gasteiger partial charge in [-0.1, -0.05) is 12.1 Å². The molecule has 0 unspecified atom stereocenters. The zero-order valence-corrected chi connectivity index (χ0v) is 11.7. The number of thioether (sulfide) groups is 1. The van der Waals surface area contributed by atoms with Gasteiger partial charge < -0.3 is 10.6 Å². The summed E-state index contributed by atoms with van der Waals surface area (Å²) in [7, 11) is 1.70. The molecule has 1 aromatic carbocycles. The predicted octanol–water partition coefficient (Wildman–Crippen LogP) is 3.27. The van der Waals surface area contributed by atoms with E-state index < -0.39 is 5.51 Å². The van der Waals surface area contributed by atoms with Crippen molar-refractivity contribution in [3.8, 4) is 0 Å². The number of benzene rings is 1. The minimum absolute atomic E-state index is 0. The number of rotatable bonds is 5. The Kier molecular flexibility index (Phi) is 7.89. The van der Waals surface area contributed by atoms with Crippen molar-refractivity contribution in [2.75, 3.05) is 18.9 Å². The van der Waals surface area contributed by atoms with E-state index in [1.807, 2.05) is 0 Å². The number of carbonyl (C=O) groups excluding carboxylic acids is 1. The van der Waals surface area contributed by atoms with Crippen molar-refractivity contribution in [3.63, 3.8) is 0 Å². The van der Waals surface area contributed by atoms with Crippen molar-refractivity contribution >= 4 is 35.8 Å². The van der Waals surface area contributed by atoms with Gasteiger partial charge in [0.05, 0.1) is 5.69 Å². The Morgan fingerprint density at radius 1 is 1.32 bits per heavy atom. The van der Waals surface area contributed by atoms with Gasteiger partial charge in [0.15, 0.2) is 0 Å². The van der Waals surface area contributed by atoms with Gasteiger partial charge in [-0.15, -0.1) is 12.4 Å². The standard InChI is InChI=1S/C11H13F3N2OS.ClH/c1-15-7-6-10(17)16-8-4-2-3-5-9(8)18-11(12,13)14;/h2-5,15H,6-7H2,1H3,(H,16,17);1H. The minimum atomic E-state index is -4.37. The van der Waals surface area contributed by atoms with E-state index in [0.717, 1.165) is 0 Å². The van der Waals surface area contributed by atoms with Crippen LogP contribution in [0.4, 0.5) is 18.9 Å². The summed E-state index contributed by atoms with van der Waals surface area (Å²) in [5, 5.41) is 5.26. The van der Waals surface area contributed by atoms with E-state index in [4.69, 9.17) is 0 Å². The number of nitrogens with one attached hydrogen (secondary N) is 2. The van der Waals surface area contributed by atoms with E-state index >= 15 is 0 Å². The third-order valence-corrected chi connectivity index (χ3v) is 2.80. The molecule has 1 rings (SSSR count). The molecular weight excluding hydrogens is 301 g/mol. The van der Waals surface area contributed by atoms with Crippen molar-refractivity contribution in [2.45, 2.75) is 16.8 Å². The largest absolute Gasteiger partial charge is 0.446 e. The van der Waals surface area contributed by atoms with Gasteiger partial charge in [0, 0.05) is 17.9 Å². The van der Waals surface area contributed by atoms with Crippen LogP contribution in [0.25, 0.3) is 0 Å². The lowest BCUT2D eigenvalue weighted by molar-refractivity contribution is -0.116. The maximum absolute atomic E-state index is 12.3. The lowest BCUT2D eigenvalue weighted by Gasteiger charge is -2.12. The molecule has 19 heavy (non-hydrogen) atoms. The van der Waals surface area contributed by atoms with Gasteiger partial charge in [-0.2, -0.15) is 13.2 Å². The molecule has 0 atom stereocenters. The first-order valence-electron chi connectivity index (χ1n) is 5.21. The second kappa shape index (κ2) is 8.29. The molecule has 0 radical (unpaired) electrons. The Labute approximate surface area is 119 Å². The third kappa shape index (κ3) is 7.29. The van der Waals surface area contributed by atoms with Crippen LogP contribution in [0.3, 0.4) is 0 Å². The molecule has 1 amide bonds. The molecule has 0 saturated heterocycles. The number of halogens is 4. The lowest BCUT2D eigenvalue weighted by Crippen LogP contribution is -2.19. The average molecular weight is 315 g/mol. The lowest BCUT2D eigenvalue weighted by atomic mass is 10.3. The number of hydrogen-bond donors (Lipinski definition) is 2. The summed E-state index contributed by atoms with van der Waals surface area (Å²) in [4.78, 5) is 11.4. The maximum Gasteiger partial charge on any atom is 0.446 e. The second-order valence-corrected chi connectivity index (χ2v) is 4.55. The Balaban J connectivity index is 0.00000324. The van der Waals surface area contributed by atoms with E-state index in [9.17, 15) is 18.0 Å². The molecule has 0 aliphatic heterocycles. The van der Waals surface area contributed by atoms with Crippen LogP contribution in [-0.2, 0) is 4.79 Å². The molecule has 8 heteroatoms. The zero-order chi connectivity index (χ0) is 13.6. The molecule has 0 spiro atoms. The van der Waals surface area contributed by atoms with Crippen LogP contribution in [0.1, 0.15) is 6.42 Å². The van der Waals surface area contributed by atoms with Crippen LogP contribution < -0.4 is 10.6 Å². The van der Waals surface area contributed by atoms with Crippen LogP contribution >= 0.6 is 24.2 Å². The fourth-order valence-corrected chi connectivity index (χ4v) is 1.86. The summed E-state index contributed by atoms with van der Waals surface area (Å²) >= 11 is -0.237. The summed E-state index contributed by atoms with van der Waals surface area (Å²) in [6.07, 6.45) is 0.210. The van der Waals surface area contributed by atoms with E-state index in [0.29, 0.717) is 6.54 Å². The van der Waals surface area contributed by atoms with Crippen molar-refractivity contribution in [1.82, 2.24) is 5.32 Å². The zero-order valence-electron chi connectivity index (χ0n) is 10.1. The van der Waals surface area contributed by atoms with E-state index in [-0.39, 0.29) is 47.1 Å². The Bertz CT molecular complexity index is 415. The first-order valence-corrected chi connectivity index (χ1v) is 6.03. The summed E-state index contributed by atoms with van der Waals surface area (Å²) in [5.74, 6) is -0.320. The molecule has 0 aliphatic rings. The van der Waals surface area contributed by atoms with Crippen molar-refractivity contribution in [3.05, 3.63) is 24.3 Å². The van der Waals surface area contributed by atoms with Crippen LogP contribution in [0.5, 0.6) is 0 Å². The molecule has 0 saturated carbocycles. The van der Waals surface area contributed by atoms with Crippen LogP contribution in [0.15, 0.2) is 29.2 Å². The molecule has 3 nitrogen and oxygen atoms in total. The monoisotopic (exact) mass is 314 g/mol. The van der Waals surface area contributed by atoms with E-state index in [1.54, 1.807) is 13.1 Å². The van der Waals surface area contributed by atoms with E-state index in [1.165, 1.54) is 18.2 Å². The number of hydrogen-bond acceptors (Lipinski definition) is 3. The van der Waals surface area contributed by atoms with Crippen molar-refractivity contribution < 1.29 is 18.0 Å². The number of carbonyl (C=O) groups is 1. The van der Waals surface area contributed by atoms with Gasteiger partial charge in [0.2, 0.25) is 5.91 Å². The number of anilines is 1. The van der Waals surface area contributed by atoms with Crippen molar-refractivity contribution in [1.29, 1.82) is 0 Å². The summed E-state index contributed by atoms with van der Waals surface area (Å²) in [6.45, 7) is 0.473. The fourth-order valence-electron chi connectivity index (χ4n) is 1.23. The molecule has 0 fully saturated rings. The summed E-state index contributed by atoms with van der Waals surface area (Å²) in [6, 6.07) is 5.85. The molecule has 0 bridgehead atoms. The molecule has 0 heterocycles. The van der Waals surface area contributed by atoms with Crippen LogP contribution in [0, 0.1) is 0 Å². The molecular formula is C11H14ClF3N2OS. The maximum atomic E-state index is 12.3. The number of alkyl halides is 3. The van der Waals surface area contributed by atoms with Gasteiger partial charge in [-0.25, -0.2) is 0 Å². The SMILES string of the molecule is CNCCC(=O)Nc1ccccc1SC(F)(F)F.Cl. The number of amides is 1. The fraction of sp³-hybridized carbons (Fsp3) is 0.364. The van der Waals surface area contributed by atoms with Crippen LogP contribution in [-0.4, -0.2) is 25.0 Å². The molecule has 0 aliphatic carbocycles. The first kappa shape index (κ1) is 18.1. The van der Waals surface area contributed by atoms with Gasteiger partial charge in [0.25, 0.3) is 0 Å². The average Bonchev–Trinajstić information content (AvgIpc) is 2.27. The smallest absolute Gasteiger partial charge is 0.325 e. The quantitative estimate of drug-likeness (QED) is 0.820. The van der Waals surface area contributed by atoms with Gasteiger partial charge in [-0.05, 0) is 30.9 Å². The summed E-state index contributed by atoms with van der Waals surface area (Å²) in [5.41, 5.74) is -4.19. The van der Waals surface area contributed by atoms with Gasteiger partial charge in [0.1, 0.15) is 0 Å². The Morgan fingerprint density at radius 3 is 2.53 bits per heavy atom. The van der Waals surface area contributed by atoms with Gasteiger partial charge in [-0.3, -0.25) is 4.79 Å².